The molecule has 2 atom stereocenters. The number of amides is 2. The Morgan fingerprint density at radius 3 is 2.44 bits per heavy atom. The molecular formula is C24H26N2O5S. The molecule has 3 heterocycles. The molecule has 0 aromatic carbocycles. The van der Waals surface area contributed by atoms with Crippen molar-refractivity contribution in [2.45, 2.75) is 39.7 Å². The van der Waals surface area contributed by atoms with E-state index in [1.54, 1.807) is 11.3 Å². The molecular weight excluding hydrogens is 428 g/mol. The minimum absolute atomic E-state index is 0.300. The molecule has 1 aliphatic carbocycles. The highest BCUT2D eigenvalue weighted by Crippen LogP contribution is 2.34. The predicted octanol–water partition coefficient (Wildman–Crippen LogP) is 3.09. The van der Waals surface area contributed by atoms with E-state index in [1.165, 1.54) is 4.88 Å². The van der Waals surface area contributed by atoms with Gasteiger partial charge in [-0.25, -0.2) is 0 Å². The molecule has 8 heteroatoms. The third-order valence-electron chi connectivity index (χ3n) is 6.29. The van der Waals surface area contributed by atoms with Crippen molar-refractivity contribution < 1.29 is 23.9 Å². The first-order valence-corrected chi connectivity index (χ1v) is 11.6. The quantitative estimate of drug-likeness (QED) is 0.265. The van der Waals surface area contributed by atoms with Gasteiger partial charge in [0.2, 0.25) is 17.6 Å². The van der Waals surface area contributed by atoms with Crippen LogP contribution >= 0.6 is 11.3 Å². The fourth-order valence-electron chi connectivity index (χ4n) is 4.53. The van der Waals surface area contributed by atoms with Gasteiger partial charge in [0.25, 0.3) is 0 Å². The van der Waals surface area contributed by atoms with Gasteiger partial charge in [-0.15, -0.1) is 11.3 Å². The van der Waals surface area contributed by atoms with Gasteiger partial charge in [0.1, 0.15) is 6.54 Å². The first-order chi connectivity index (χ1) is 15.4. The van der Waals surface area contributed by atoms with Crippen LogP contribution in [0.5, 0.6) is 0 Å². The Morgan fingerprint density at radius 1 is 1.12 bits per heavy atom. The van der Waals surface area contributed by atoms with Crippen molar-refractivity contribution in [2.24, 2.45) is 11.8 Å². The van der Waals surface area contributed by atoms with Crippen molar-refractivity contribution in [3.8, 4) is 0 Å². The number of ether oxygens (including phenoxy) is 1. The molecule has 0 spiro atoms. The molecule has 0 saturated carbocycles. The number of Topliss-reactive ketones (excluding diaryl/α,β-unsaturated/α-hetero) is 1. The van der Waals surface area contributed by atoms with Crippen LogP contribution in [0.1, 0.15) is 39.5 Å². The van der Waals surface area contributed by atoms with E-state index in [-0.39, 0.29) is 29.4 Å². The number of nitrogens with zero attached hydrogens (tertiary/aromatic N) is 2. The van der Waals surface area contributed by atoms with Crippen molar-refractivity contribution in [3.63, 3.8) is 0 Å². The highest BCUT2D eigenvalue weighted by atomic mass is 32.1. The lowest BCUT2D eigenvalue weighted by Crippen LogP contribution is -2.37. The fourth-order valence-corrected chi connectivity index (χ4v) is 5.23. The van der Waals surface area contributed by atoms with Gasteiger partial charge in [-0.2, -0.15) is 0 Å². The summed E-state index contributed by atoms with van der Waals surface area (Å²) >= 11 is 1.70. The van der Waals surface area contributed by atoms with Crippen LogP contribution in [-0.2, 0) is 32.1 Å². The minimum atomic E-state index is -0.752. The summed E-state index contributed by atoms with van der Waals surface area (Å²) in [6, 6.07) is 5.92. The Bertz CT molecular complexity index is 1060. The van der Waals surface area contributed by atoms with E-state index < -0.39 is 19.1 Å². The number of allylic oxidation sites excluding steroid dienone is 2. The molecule has 2 aromatic rings. The predicted molar refractivity (Wildman–Crippen MR) is 119 cm³/mol. The normalized spacial score (nSPS) is 20.0. The summed E-state index contributed by atoms with van der Waals surface area (Å²) in [6.45, 7) is 3.73. The van der Waals surface area contributed by atoms with Gasteiger partial charge in [-0.3, -0.25) is 24.1 Å². The van der Waals surface area contributed by atoms with E-state index in [4.69, 9.17) is 4.74 Å². The first kappa shape index (κ1) is 22.2. The highest BCUT2D eigenvalue weighted by Gasteiger charge is 2.47. The molecule has 7 nitrogen and oxygen atoms in total. The number of fused-ring (bicyclic) bond motifs is 1. The third-order valence-corrected chi connectivity index (χ3v) is 7.22. The molecule has 2 aliphatic rings. The summed E-state index contributed by atoms with van der Waals surface area (Å²) in [7, 11) is 0. The van der Waals surface area contributed by atoms with Gasteiger partial charge >= 0.3 is 5.97 Å². The highest BCUT2D eigenvalue weighted by molar-refractivity contribution is 7.09. The maximum absolute atomic E-state index is 12.7. The van der Waals surface area contributed by atoms with Crippen LogP contribution in [0.4, 0.5) is 0 Å². The zero-order valence-corrected chi connectivity index (χ0v) is 19.0. The molecule has 32 heavy (non-hydrogen) atoms. The lowest BCUT2D eigenvalue weighted by Gasteiger charge is -2.14. The zero-order chi connectivity index (χ0) is 22.8. The van der Waals surface area contributed by atoms with Crippen LogP contribution in [0.3, 0.4) is 0 Å². The molecule has 0 radical (unpaired) electrons. The smallest absolute Gasteiger partial charge is 0.326 e. The Balaban J connectivity index is 1.33. The summed E-state index contributed by atoms with van der Waals surface area (Å²) in [5.41, 5.74) is 2.33. The molecule has 0 N–H and O–H groups in total. The summed E-state index contributed by atoms with van der Waals surface area (Å²) in [5, 5.41) is 2.04. The summed E-state index contributed by atoms with van der Waals surface area (Å²) in [6.07, 6.45) is 5.70. The Kier molecular flexibility index (Phi) is 6.41. The third kappa shape index (κ3) is 4.32. The molecule has 1 saturated heterocycles. The number of aromatic nitrogens is 1. The maximum atomic E-state index is 12.7. The number of aryl methyl sites for hydroxylation is 2. The number of rotatable bonds is 8. The summed E-state index contributed by atoms with van der Waals surface area (Å²) in [5.74, 6) is -2.49. The standard InChI is InChI=1S/C24H26N2O5S/c1-15-12-20(16(2)25(15)10-9-17-6-5-11-32-17)21(27)14-31-22(28)13-26-23(29)18-7-3-4-8-19(18)24(26)30/h3-6,11-12,18-19H,7-10,13-14H2,1-2H3. The Hall–Kier alpha value is -3.00. The number of carbonyl (C=O) groups is 4. The molecule has 0 bridgehead atoms. The van der Waals surface area contributed by atoms with E-state index in [0.717, 1.165) is 29.3 Å². The van der Waals surface area contributed by atoms with Gasteiger partial charge in [0, 0.05) is 28.4 Å². The summed E-state index contributed by atoms with van der Waals surface area (Å²) < 4.78 is 7.22. The van der Waals surface area contributed by atoms with Gasteiger partial charge in [0.15, 0.2) is 6.61 Å². The van der Waals surface area contributed by atoms with Crippen LogP contribution in [0.25, 0.3) is 0 Å². The molecule has 2 aromatic heterocycles. The number of esters is 1. The Morgan fingerprint density at radius 2 is 1.81 bits per heavy atom. The van der Waals surface area contributed by atoms with Crippen LogP contribution in [0.2, 0.25) is 0 Å². The number of hydrogen-bond donors (Lipinski definition) is 0. The molecule has 2 amide bonds. The number of likely N-dealkylation sites (tertiary alicyclic amines) is 1. The minimum Gasteiger partial charge on any atom is -0.456 e. The number of imide groups is 1. The van der Waals surface area contributed by atoms with E-state index in [1.807, 2.05) is 43.5 Å². The van der Waals surface area contributed by atoms with Crippen LogP contribution in [0, 0.1) is 25.7 Å². The monoisotopic (exact) mass is 454 g/mol. The number of carbonyl (C=O) groups excluding carboxylic acids is 4. The van der Waals surface area contributed by atoms with Crippen LogP contribution in [0.15, 0.2) is 35.7 Å². The second-order valence-corrected chi connectivity index (χ2v) is 9.30. The lowest BCUT2D eigenvalue weighted by molar-refractivity contribution is -0.152. The van der Waals surface area contributed by atoms with Gasteiger partial charge in [0.05, 0.1) is 11.8 Å². The van der Waals surface area contributed by atoms with Gasteiger partial charge in [-0.1, -0.05) is 18.2 Å². The maximum Gasteiger partial charge on any atom is 0.326 e. The summed E-state index contributed by atoms with van der Waals surface area (Å²) in [4.78, 5) is 52.2. The second kappa shape index (κ2) is 9.24. The van der Waals surface area contributed by atoms with Crippen LogP contribution < -0.4 is 0 Å². The SMILES string of the molecule is Cc1cc(C(=O)COC(=O)CN2C(=O)C3CC=CCC3C2=O)c(C)n1CCc1cccs1. The van der Waals surface area contributed by atoms with Crippen molar-refractivity contribution in [1.29, 1.82) is 0 Å². The first-order valence-electron chi connectivity index (χ1n) is 10.7. The molecule has 168 valence electrons. The van der Waals surface area contributed by atoms with E-state index in [9.17, 15) is 19.2 Å². The number of hydrogen-bond acceptors (Lipinski definition) is 6. The topological polar surface area (TPSA) is 85.7 Å². The van der Waals surface area contributed by atoms with Crippen molar-refractivity contribution in [1.82, 2.24) is 9.47 Å². The lowest BCUT2D eigenvalue weighted by atomic mass is 9.85. The average Bonchev–Trinajstić information content (AvgIpc) is 3.46. The number of thiophene rings is 1. The molecule has 4 rings (SSSR count). The fraction of sp³-hybridized carbons (Fsp3) is 0.417. The van der Waals surface area contributed by atoms with E-state index >= 15 is 0 Å². The van der Waals surface area contributed by atoms with Crippen molar-refractivity contribution in [3.05, 3.63) is 57.6 Å². The van der Waals surface area contributed by atoms with Gasteiger partial charge < -0.3 is 9.30 Å². The molecule has 2 unspecified atom stereocenters. The number of ketones is 1. The van der Waals surface area contributed by atoms with Crippen LogP contribution in [-0.4, -0.2) is 46.2 Å². The van der Waals surface area contributed by atoms with E-state index in [2.05, 4.69) is 10.6 Å². The molecule has 1 aliphatic heterocycles. The largest absolute Gasteiger partial charge is 0.456 e. The van der Waals surface area contributed by atoms with Gasteiger partial charge in [-0.05, 0) is 50.6 Å². The molecule has 1 fully saturated rings. The average molecular weight is 455 g/mol. The zero-order valence-electron chi connectivity index (χ0n) is 18.2. The van der Waals surface area contributed by atoms with E-state index in [0.29, 0.717) is 18.4 Å². The van der Waals surface area contributed by atoms with Crippen molar-refractivity contribution in [2.75, 3.05) is 13.2 Å². The Labute approximate surface area is 190 Å². The second-order valence-electron chi connectivity index (χ2n) is 8.27. The van der Waals surface area contributed by atoms with Crippen molar-refractivity contribution >= 4 is 34.9 Å².